The SMILES string of the molecule is Cc1nn(C)c2nc(-c3cccs3)cc(C(=O)Nc3nc4ccccc4s3)c12. The molecule has 0 atom stereocenters. The second-order valence-electron chi connectivity index (χ2n) is 6.38. The molecule has 0 aliphatic heterocycles. The molecule has 0 aliphatic rings. The quantitative estimate of drug-likeness (QED) is 0.465. The summed E-state index contributed by atoms with van der Waals surface area (Å²) in [6, 6.07) is 13.6. The van der Waals surface area contributed by atoms with Crippen molar-refractivity contribution in [3.63, 3.8) is 0 Å². The summed E-state index contributed by atoms with van der Waals surface area (Å²) in [5.74, 6) is -0.208. The van der Waals surface area contributed by atoms with E-state index < -0.39 is 0 Å². The highest BCUT2D eigenvalue weighted by Gasteiger charge is 2.20. The van der Waals surface area contributed by atoms with Gasteiger partial charge in [-0.2, -0.15) is 5.10 Å². The molecule has 138 valence electrons. The summed E-state index contributed by atoms with van der Waals surface area (Å²) in [4.78, 5) is 23.4. The molecule has 4 heterocycles. The van der Waals surface area contributed by atoms with Crippen LogP contribution in [0.5, 0.6) is 0 Å². The Kier molecular flexibility index (Phi) is 3.96. The number of aromatic nitrogens is 4. The highest BCUT2D eigenvalue weighted by molar-refractivity contribution is 7.22. The van der Waals surface area contributed by atoms with Gasteiger partial charge in [-0.05, 0) is 36.6 Å². The summed E-state index contributed by atoms with van der Waals surface area (Å²) in [7, 11) is 1.84. The molecule has 1 aromatic carbocycles. The van der Waals surface area contributed by atoms with Crippen LogP contribution in [0.1, 0.15) is 16.1 Å². The van der Waals surface area contributed by atoms with Crippen molar-refractivity contribution < 1.29 is 4.79 Å². The van der Waals surface area contributed by atoms with Crippen molar-refractivity contribution in [2.45, 2.75) is 6.92 Å². The van der Waals surface area contributed by atoms with E-state index in [-0.39, 0.29) is 5.91 Å². The summed E-state index contributed by atoms with van der Waals surface area (Å²) in [6.45, 7) is 1.89. The van der Waals surface area contributed by atoms with Gasteiger partial charge in [-0.25, -0.2) is 9.97 Å². The van der Waals surface area contributed by atoms with Crippen LogP contribution in [0.4, 0.5) is 5.13 Å². The molecule has 0 spiro atoms. The Morgan fingerprint density at radius 3 is 2.79 bits per heavy atom. The molecule has 0 aliphatic carbocycles. The number of thiophene rings is 1. The monoisotopic (exact) mass is 405 g/mol. The number of aryl methyl sites for hydroxylation is 2. The van der Waals surface area contributed by atoms with Crippen LogP contribution >= 0.6 is 22.7 Å². The molecule has 0 bridgehead atoms. The Labute approximate surface area is 168 Å². The van der Waals surface area contributed by atoms with E-state index in [1.54, 1.807) is 16.0 Å². The highest BCUT2D eigenvalue weighted by Crippen LogP contribution is 2.31. The van der Waals surface area contributed by atoms with Crippen molar-refractivity contribution in [2.75, 3.05) is 5.32 Å². The van der Waals surface area contributed by atoms with Gasteiger partial charge in [-0.15, -0.1) is 11.3 Å². The lowest BCUT2D eigenvalue weighted by Gasteiger charge is -2.07. The van der Waals surface area contributed by atoms with Crippen molar-refractivity contribution >= 4 is 55.0 Å². The van der Waals surface area contributed by atoms with Crippen molar-refractivity contribution in [1.82, 2.24) is 19.7 Å². The van der Waals surface area contributed by atoms with Crippen LogP contribution in [0.3, 0.4) is 0 Å². The number of fused-ring (bicyclic) bond motifs is 2. The highest BCUT2D eigenvalue weighted by atomic mass is 32.1. The van der Waals surface area contributed by atoms with Crippen LogP contribution in [0, 0.1) is 6.92 Å². The zero-order valence-corrected chi connectivity index (χ0v) is 16.8. The first-order chi connectivity index (χ1) is 13.6. The fraction of sp³-hybridized carbons (Fsp3) is 0.100. The van der Waals surface area contributed by atoms with E-state index in [0.717, 1.165) is 31.9 Å². The van der Waals surface area contributed by atoms with Gasteiger partial charge in [-0.3, -0.25) is 14.8 Å². The maximum Gasteiger partial charge on any atom is 0.258 e. The van der Waals surface area contributed by atoms with Gasteiger partial charge in [0.15, 0.2) is 10.8 Å². The van der Waals surface area contributed by atoms with Crippen molar-refractivity contribution in [2.24, 2.45) is 7.05 Å². The van der Waals surface area contributed by atoms with Gasteiger partial charge >= 0.3 is 0 Å². The number of hydrogen-bond donors (Lipinski definition) is 1. The van der Waals surface area contributed by atoms with Gasteiger partial charge in [-0.1, -0.05) is 29.5 Å². The summed E-state index contributed by atoms with van der Waals surface area (Å²) in [5, 5.41) is 10.8. The van der Waals surface area contributed by atoms with E-state index in [9.17, 15) is 4.79 Å². The largest absolute Gasteiger partial charge is 0.298 e. The second kappa shape index (κ2) is 6.50. The third-order valence-corrected chi connectivity index (χ3v) is 6.35. The molecule has 8 heteroatoms. The molecule has 4 aromatic heterocycles. The zero-order valence-electron chi connectivity index (χ0n) is 15.1. The topological polar surface area (TPSA) is 72.7 Å². The number of thiazole rings is 1. The minimum absolute atomic E-state index is 0.208. The molecule has 0 radical (unpaired) electrons. The Morgan fingerprint density at radius 2 is 2.00 bits per heavy atom. The average Bonchev–Trinajstić information content (AvgIpc) is 3.41. The van der Waals surface area contributed by atoms with Crippen LogP contribution in [0.15, 0.2) is 47.8 Å². The standard InChI is InChI=1S/C20H15N5OS2/c1-11-17-12(19(26)23-20-22-13-6-3-4-7-16(13)28-20)10-14(15-8-5-9-27-15)21-18(17)25(2)24-11/h3-10H,1-2H3,(H,22,23,26). The van der Waals surface area contributed by atoms with E-state index >= 15 is 0 Å². The molecule has 5 aromatic rings. The molecule has 1 amide bonds. The van der Waals surface area contributed by atoms with Gasteiger partial charge in [0.05, 0.1) is 37.4 Å². The molecule has 0 unspecified atom stereocenters. The van der Waals surface area contributed by atoms with Crippen LogP contribution in [0.2, 0.25) is 0 Å². The van der Waals surface area contributed by atoms with Crippen LogP contribution in [-0.2, 0) is 7.05 Å². The van der Waals surface area contributed by atoms with Crippen molar-refractivity contribution in [3.05, 3.63) is 59.1 Å². The van der Waals surface area contributed by atoms with E-state index in [2.05, 4.69) is 15.4 Å². The number of hydrogen-bond acceptors (Lipinski definition) is 6. The van der Waals surface area contributed by atoms with Gasteiger partial charge in [0, 0.05) is 7.05 Å². The van der Waals surface area contributed by atoms with Gasteiger partial charge in [0.25, 0.3) is 5.91 Å². The van der Waals surface area contributed by atoms with E-state index in [4.69, 9.17) is 4.98 Å². The minimum Gasteiger partial charge on any atom is -0.298 e. The number of nitrogens with one attached hydrogen (secondary N) is 1. The Balaban J connectivity index is 1.63. The average molecular weight is 406 g/mol. The predicted molar refractivity (Wildman–Crippen MR) is 114 cm³/mol. The zero-order chi connectivity index (χ0) is 19.3. The Hall–Kier alpha value is -3.10. The van der Waals surface area contributed by atoms with Crippen LogP contribution in [-0.4, -0.2) is 25.7 Å². The summed E-state index contributed by atoms with van der Waals surface area (Å²) in [6.07, 6.45) is 0. The first kappa shape index (κ1) is 17.0. The van der Waals surface area contributed by atoms with Crippen LogP contribution in [0.25, 0.3) is 31.8 Å². The Morgan fingerprint density at radius 1 is 1.14 bits per heavy atom. The molecule has 0 saturated heterocycles. The smallest absolute Gasteiger partial charge is 0.258 e. The fourth-order valence-corrected chi connectivity index (χ4v) is 4.81. The number of carbonyl (C=O) groups excluding carboxylic acids is 1. The maximum absolute atomic E-state index is 13.2. The third kappa shape index (κ3) is 2.78. The normalized spacial score (nSPS) is 11.4. The number of carbonyl (C=O) groups is 1. The molecule has 6 nitrogen and oxygen atoms in total. The first-order valence-electron chi connectivity index (χ1n) is 8.65. The van der Waals surface area contributed by atoms with Crippen LogP contribution < -0.4 is 5.32 Å². The maximum atomic E-state index is 13.2. The minimum atomic E-state index is -0.208. The lowest BCUT2D eigenvalue weighted by Crippen LogP contribution is -2.13. The Bertz CT molecular complexity index is 1300. The lowest BCUT2D eigenvalue weighted by molar-refractivity contribution is 0.102. The molecule has 28 heavy (non-hydrogen) atoms. The number of anilines is 1. The molecule has 0 fully saturated rings. The summed E-state index contributed by atoms with van der Waals surface area (Å²) < 4.78 is 2.76. The number of benzene rings is 1. The number of nitrogens with zero attached hydrogens (tertiary/aromatic N) is 4. The number of pyridine rings is 1. The number of para-hydroxylation sites is 1. The third-order valence-electron chi connectivity index (χ3n) is 4.50. The van der Waals surface area contributed by atoms with E-state index in [0.29, 0.717) is 16.3 Å². The summed E-state index contributed by atoms with van der Waals surface area (Å²) >= 11 is 3.05. The second-order valence-corrected chi connectivity index (χ2v) is 8.36. The fourth-order valence-electron chi connectivity index (χ4n) is 3.26. The molecule has 5 rings (SSSR count). The van der Waals surface area contributed by atoms with E-state index in [1.165, 1.54) is 11.3 Å². The molecule has 1 N–H and O–H groups in total. The number of amides is 1. The lowest BCUT2D eigenvalue weighted by atomic mass is 10.1. The predicted octanol–water partition coefficient (Wildman–Crippen LogP) is 4.87. The first-order valence-corrected chi connectivity index (χ1v) is 10.3. The molecular formula is C20H15N5OS2. The van der Waals surface area contributed by atoms with E-state index in [1.807, 2.05) is 61.8 Å². The molecule has 0 saturated carbocycles. The van der Waals surface area contributed by atoms with Crippen molar-refractivity contribution in [3.8, 4) is 10.6 Å². The molecular weight excluding hydrogens is 390 g/mol. The summed E-state index contributed by atoms with van der Waals surface area (Å²) in [5.41, 5.74) is 3.66. The van der Waals surface area contributed by atoms with Gasteiger partial charge < -0.3 is 0 Å². The number of rotatable bonds is 3. The van der Waals surface area contributed by atoms with Crippen molar-refractivity contribution in [1.29, 1.82) is 0 Å². The van der Waals surface area contributed by atoms with Gasteiger partial charge in [0.1, 0.15) is 0 Å². The van der Waals surface area contributed by atoms with Gasteiger partial charge in [0.2, 0.25) is 0 Å².